The lowest BCUT2D eigenvalue weighted by Crippen LogP contribution is -2.60. The zero-order chi connectivity index (χ0) is 13.2. The third-order valence-corrected chi connectivity index (χ3v) is 2.54. The Bertz CT molecular complexity index is 309. The van der Waals surface area contributed by atoms with Gasteiger partial charge in [0.2, 0.25) is 0 Å². The number of carboxylic acid groups (broad SMARTS) is 1. The Morgan fingerprint density at radius 3 is 2.29 bits per heavy atom. The average molecular weight is 245 g/mol. The number of hydrogen-bond donors (Lipinski definition) is 1. The first-order valence-corrected chi connectivity index (χ1v) is 5.51. The van der Waals surface area contributed by atoms with Crippen LogP contribution in [0.15, 0.2) is 0 Å². The molecule has 17 heavy (non-hydrogen) atoms. The van der Waals surface area contributed by atoms with Crippen LogP contribution in [-0.4, -0.2) is 53.5 Å². The number of rotatable bonds is 3. The molecule has 0 aromatic heterocycles. The lowest BCUT2D eigenvalue weighted by Gasteiger charge is -2.43. The zero-order valence-electron chi connectivity index (χ0n) is 10.6. The highest BCUT2D eigenvalue weighted by Crippen LogP contribution is 2.25. The molecule has 0 radical (unpaired) electrons. The van der Waals surface area contributed by atoms with Gasteiger partial charge in [0.15, 0.2) is 6.10 Å². The average Bonchev–Trinajstić information content (AvgIpc) is 2.07. The molecule has 1 amide bonds. The first-order chi connectivity index (χ1) is 7.76. The number of aliphatic carboxylic acids is 1. The fourth-order valence-electron chi connectivity index (χ4n) is 1.69. The maximum absolute atomic E-state index is 11.7. The van der Waals surface area contributed by atoms with Crippen LogP contribution < -0.4 is 0 Å². The van der Waals surface area contributed by atoms with Crippen LogP contribution in [0.4, 0.5) is 4.79 Å². The standard InChI is InChI=1S/C11H19NO5/c1-11(2,3)17-10(15)12-6-5-7(12)8(16-4)9(13)14/h7-8H,5-6H2,1-4H3,(H,13,14)/t7-,8?/m0/s1. The van der Waals surface area contributed by atoms with Crippen molar-refractivity contribution in [3.8, 4) is 0 Å². The van der Waals surface area contributed by atoms with E-state index < -0.39 is 29.8 Å². The van der Waals surface area contributed by atoms with E-state index in [0.717, 1.165) is 0 Å². The first-order valence-electron chi connectivity index (χ1n) is 5.51. The highest BCUT2D eigenvalue weighted by atomic mass is 16.6. The summed E-state index contributed by atoms with van der Waals surface area (Å²) in [5.74, 6) is -1.06. The monoisotopic (exact) mass is 245 g/mol. The largest absolute Gasteiger partial charge is 0.479 e. The Balaban J connectivity index is 2.62. The van der Waals surface area contributed by atoms with E-state index in [1.807, 2.05) is 0 Å². The van der Waals surface area contributed by atoms with Crippen molar-refractivity contribution < 1.29 is 24.2 Å². The second-order valence-corrected chi connectivity index (χ2v) is 5.02. The topological polar surface area (TPSA) is 76.1 Å². The molecule has 0 bridgehead atoms. The molecular formula is C11H19NO5. The smallest absolute Gasteiger partial charge is 0.410 e. The molecule has 2 atom stereocenters. The number of hydrogen-bond acceptors (Lipinski definition) is 4. The number of methoxy groups -OCH3 is 1. The van der Waals surface area contributed by atoms with Gasteiger partial charge in [0.1, 0.15) is 5.60 Å². The van der Waals surface area contributed by atoms with Crippen molar-refractivity contribution in [2.45, 2.75) is 44.9 Å². The molecule has 6 nitrogen and oxygen atoms in total. The van der Waals surface area contributed by atoms with E-state index >= 15 is 0 Å². The van der Waals surface area contributed by atoms with E-state index in [2.05, 4.69) is 0 Å². The molecule has 0 aromatic rings. The molecule has 1 fully saturated rings. The van der Waals surface area contributed by atoms with Gasteiger partial charge in [-0.15, -0.1) is 0 Å². The molecule has 1 rings (SSSR count). The van der Waals surface area contributed by atoms with Crippen molar-refractivity contribution >= 4 is 12.1 Å². The highest BCUT2D eigenvalue weighted by Gasteiger charge is 2.43. The van der Waals surface area contributed by atoms with Gasteiger partial charge in [0.25, 0.3) is 0 Å². The molecule has 98 valence electrons. The van der Waals surface area contributed by atoms with Crippen LogP contribution in [0.5, 0.6) is 0 Å². The second kappa shape index (κ2) is 4.91. The van der Waals surface area contributed by atoms with E-state index in [4.69, 9.17) is 14.6 Å². The van der Waals surface area contributed by atoms with Crippen LogP contribution >= 0.6 is 0 Å². The van der Waals surface area contributed by atoms with Gasteiger partial charge < -0.3 is 19.5 Å². The quantitative estimate of drug-likeness (QED) is 0.805. The molecule has 1 unspecified atom stereocenters. The third kappa shape index (κ3) is 3.33. The van der Waals surface area contributed by atoms with Gasteiger partial charge in [-0.2, -0.15) is 0 Å². The highest BCUT2D eigenvalue weighted by molar-refractivity contribution is 5.76. The van der Waals surface area contributed by atoms with Crippen molar-refractivity contribution in [1.29, 1.82) is 0 Å². The van der Waals surface area contributed by atoms with Crippen molar-refractivity contribution in [3.63, 3.8) is 0 Å². The van der Waals surface area contributed by atoms with Gasteiger partial charge in [-0.3, -0.25) is 0 Å². The fraction of sp³-hybridized carbons (Fsp3) is 0.818. The summed E-state index contributed by atoms with van der Waals surface area (Å²) in [6, 6.07) is -0.438. The summed E-state index contributed by atoms with van der Waals surface area (Å²) in [6.07, 6.45) is -0.863. The molecule has 0 spiro atoms. The number of carbonyl (C=O) groups excluding carboxylic acids is 1. The van der Waals surface area contributed by atoms with Crippen molar-refractivity contribution in [3.05, 3.63) is 0 Å². The van der Waals surface area contributed by atoms with Crippen LogP contribution in [0.3, 0.4) is 0 Å². The summed E-state index contributed by atoms with van der Waals surface area (Å²) in [5, 5.41) is 8.94. The van der Waals surface area contributed by atoms with Crippen molar-refractivity contribution in [1.82, 2.24) is 4.90 Å². The molecular weight excluding hydrogens is 226 g/mol. The Hall–Kier alpha value is -1.30. The number of amides is 1. The van der Waals surface area contributed by atoms with E-state index in [1.165, 1.54) is 12.0 Å². The zero-order valence-corrected chi connectivity index (χ0v) is 10.6. The van der Waals surface area contributed by atoms with Crippen LogP contribution in [0.1, 0.15) is 27.2 Å². The minimum Gasteiger partial charge on any atom is -0.479 e. The van der Waals surface area contributed by atoms with Crippen LogP contribution in [0.2, 0.25) is 0 Å². The van der Waals surface area contributed by atoms with Gasteiger partial charge in [-0.05, 0) is 27.2 Å². The summed E-state index contributed by atoms with van der Waals surface area (Å²) in [5.41, 5.74) is -0.580. The molecule has 1 N–H and O–H groups in total. The normalized spacial score (nSPS) is 21.6. The van der Waals surface area contributed by atoms with Crippen molar-refractivity contribution in [2.24, 2.45) is 0 Å². The van der Waals surface area contributed by atoms with E-state index in [-0.39, 0.29) is 0 Å². The molecule has 1 heterocycles. The third-order valence-electron chi connectivity index (χ3n) is 2.54. The number of likely N-dealkylation sites (tertiary alicyclic amines) is 1. The number of carboxylic acids is 1. The number of nitrogens with zero attached hydrogens (tertiary/aromatic N) is 1. The molecule has 6 heteroatoms. The summed E-state index contributed by atoms with van der Waals surface area (Å²) in [6.45, 7) is 5.81. The minimum atomic E-state index is -1.06. The predicted molar refractivity (Wildman–Crippen MR) is 59.8 cm³/mol. The summed E-state index contributed by atoms with van der Waals surface area (Å²) in [7, 11) is 1.32. The maximum atomic E-state index is 11.7. The van der Waals surface area contributed by atoms with Crippen LogP contribution in [-0.2, 0) is 14.3 Å². The van der Waals surface area contributed by atoms with Gasteiger partial charge in [-0.25, -0.2) is 9.59 Å². The van der Waals surface area contributed by atoms with Gasteiger partial charge in [0, 0.05) is 13.7 Å². The Morgan fingerprint density at radius 1 is 1.41 bits per heavy atom. The van der Waals surface area contributed by atoms with E-state index in [0.29, 0.717) is 13.0 Å². The van der Waals surface area contributed by atoms with Crippen LogP contribution in [0, 0.1) is 0 Å². The second-order valence-electron chi connectivity index (χ2n) is 5.02. The van der Waals surface area contributed by atoms with Crippen molar-refractivity contribution in [2.75, 3.05) is 13.7 Å². The number of ether oxygens (including phenoxy) is 2. The van der Waals surface area contributed by atoms with E-state index in [1.54, 1.807) is 20.8 Å². The lowest BCUT2D eigenvalue weighted by molar-refractivity contribution is -0.156. The minimum absolute atomic E-state index is 0.438. The maximum Gasteiger partial charge on any atom is 0.410 e. The molecule has 1 aliphatic heterocycles. The summed E-state index contributed by atoms with van der Waals surface area (Å²) < 4.78 is 10.1. The Labute approximate surface area is 100 Å². The van der Waals surface area contributed by atoms with Gasteiger partial charge in [0.05, 0.1) is 6.04 Å². The molecule has 0 aliphatic carbocycles. The molecule has 0 aromatic carbocycles. The molecule has 0 saturated carbocycles. The van der Waals surface area contributed by atoms with E-state index in [9.17, 15) is 9.59 Å². The van der Waals surface area contributed by atoms with Gasteiger partial charge >= 0.3 is 12.1 Å². The predicted octanol–water partition coefficient (Wildman–Crippen LogP) is 1.10. The van der Waals surface area contributed by atoms with Crippen LogP contribution in [0.25, 0.3) is 0 Å². The summed E-state index contributed by atoms with van der Waals surface area (Å²) >= 11 is 0. The fourth-order valence-corrected chi connectivity index (χ4v) is 1.69. The molecule has 1 aliphatic rings. The SMILES string of the molecule is COC(C(=O)O)[C@@H]1CCN1C(=O)OC(C)(C)C. The first kappa shape index (κ1) is 13.8. The Morgan fingerprint density at radius 2 is 2.00 bits per heavy atom. The lowest BCUT2D eigenvalue weighted by atomic mass is 9.98. The van der Waals surface area contributed by atoms with Gasteiger partial charge in [-0.1, -0.05) is 0 Å². The number of carbonyl (C=O) groups is 2. The Kier molecular flexibility index (Phi) is 3.98. The summed E-state index contributed by atoms with van der Waals surface area (Å²) in [4.78, 5) is 24.1. The molecule has 1 saturated heterocycles.